The van der Waals surface area contributed by atoms with Crippen molar-refractivity contribution in [3.05, 3.63) is 0 Å². The highest BCUT2D eigenvalue weighted by molar-refractivity contribution is 5.79. The van der Waals surface area contributed by atoms with E-state index in [4.69, 9.17) is 5.73 Å². The number of likely N-dealkylation sites (N-methyl/N-ethyl adjacent to an activating group) is 1. The lowest BCUT2D eigenvalue weighted by Gasteiger charge is -2.35. The van der Waals surface area contributed by atoms with Crippen LogP contribution in [0.15, 0.2) is 0 Å². The molecule has 1 saturated heterocycles. The Morgan fingerprint density at radius 1 is 1.27 bits per heavy atom. The number of carbonyl (C=O) groups excluding carboxylic acids is 1. The number of carbonyl (C=O) groups is 1. The molecule has 0 aromatic rings. The van der Waals surface area contributed by atoms with Gasteiger partial charge in [0, 0.05) is 32.7 Å². The van der Waals surface area contributed by atoms with Gasteiger partial charge in [0.2, 0.25) is 5.91 Å². The number of hydrogen-bond donors (Lipinski definition) is 1. The summed E-state index contributed by atoms with van der Waals surface area (Å²) in [6.07, 6.45) is 0.851. The van der Waals surface area contributed by atoms with Crippen LogP contribution in [0.3, 0.4) is 0 Å². The zero-order valence-corrected chi connectivity index (χ0v) is 9.91. The van der Waals surface area contributed by atoms with Crippen molar-refractivity contribution >= 4 is 5.91 Å². The van der Waals surface area contributed by atoms with Crippen molar-refractivity contribution in [1.29, 1.82) is 0 Å². The molecule has 2 N–H and O–H groups in total. The molecule has 0 radical (unpaired) electrons. The number of hydrogen-bond acceptors (Lipinski definition) is 3. The molecule has 0 aliphatic carbocycles. The zero-order valence-electron chi connectivity index (χ0n) is 9.91. The van der Waals surface area contributed by atoms with E-state index in [-0.39, 0.29) is 11.8 Å². The molecule has 1 amide bonds. The van der Waals surface area contributed by atoms with E-state index < -0.39 is 0 Å². The predicted octanol–water partition coefficient (Wildman–Crippen LogP) is 0.135. The van der Waals surface area contributed by atoms with Crippen molar-refractivity contribution in [2.24, 2.45) is 11.7 Å². The maximum Gasteiger partial charge on any atom is 0.227 e. The van der Waals surface area contributed by atoms with E-state index in [1.54, 1.807) is 0 Å². The van der Waals surface area contributed by atoms with Gasteiger partial charge in [0.05, 0.1) is 5.92 Å². The first-order valence-corrected chi connectivity index (χ1v) is 5.94. The van der Waals surface area contributed by atoms with Gasteiger partial charge in [0.15, 0.2) is 0 Å². The Kier molecular flexibility index (Phi) is 5.05. The Hall–Kier alpha value is -0.610. The Morgan fingerprint density at radius 3 is 2.27 bits per heavy atom. The summed E-state index contributed by atoms with van der Waals surface area (Å²) in [6.45, 7) is 9.47. The molecule has 1 fully saturated rings. The fourth-order valence-corrected chi connectivity index (χ4v) is 1.98. The summed E-state index contributed by atoms with van der Waals surface area (Å²) >= 11 is 0. The normalized spacial score (nSPS) is 20.3. The SMILES string of the molecule is CCC(CN)C(=O)N1CCN(CC)CC1. The van der Waals surface area contributed by atoms with E-state index in [9.17, 15) is 4.79 Å². The molecule has 0 aromatic heterocycles. The second-order valence-electron chi connectivity index (χ2n) is 4.10. The molecular weight excluding hydrogens is 190 g/mol. The monoisotopic (exact) mass is 213 g/mol. The average Bonchev–Trinajstić information content (AvgIpc) is 2.30. The van der Waals surface area contributed by atoms with Crippen LogP contribution in [-0.2, 0) is 4.79 Å². The first-order valence-electron chi connectivity index (χ1n) is 5.94. The number of amides is 1. The second kappa shape index (κ2) is 6.08. The molecule has 4 nitrogen and oxygen atoms in total. The number of rotatable bonds is 4. The third kappa shape index (κ3) is 3.18. The quantitative estimate of drug-likeness (QED) is 0.722. The van der Waals surface area contributed by atoms with Gasteiger partial charge in [-0.2, -0.15) is 0 Å². The molecule has 0 spiro atoms. The summed E-state index contributed by atoms with van der Waals surface area (Å²) in [5.41, 5.74) is 5.59. The summed E-state index contributed by atoms with van der Waals surface area (Å²) in [5, 5.41) is 0. The lowest BCUT2D eigenvalue weighted by molar-refractivity contribution is -0.137. The van der Waals surface area contributed by atoms with Gasteiger partial charge in [-0.25, -0.2) is 0 Å². The molecular formula is C11H23N3O. The fourth-order valence-electron chi connectivity index (χ4n) is 1.98. The van der Waals surface area contributed by atoms with E-state index in [0.717, 1.165) is 39.1 Å². The molecule has 0 saturated carbocycles. The van der Waals surface area contributed by atoms with E-state index in [1.165, 1.54) is 0 Å². The second-order valence-corrected chi connectivity index (χ2v) is 4.10. The molecule has 1 rings (SSSR count). The van der Waals surface area contributed by atoms with E-state index in [0.29, 0.717) is 6.54 Å². The van der Waals surface area contributed by atoms with Crippen LogP contribution in [0.1, 0.15) is 20.3 Å². The van der Waals surface area contributed by atoms with Crippen LogP contribution < -0.4 is 5.73 Å². The van der Waals surface area contributed by atoms with Gasteiger partial charge in [-0.3, -0.25) is 4.79 Å². The van der Waals surface area contributed by atoms with Gasteiger partial charge in [-0.15, -0.1) is 0 Å². The first kappa shape index (κ1) is 12.5. The summed E-state index contributed by atoms with van der Waals surface area (Å²) in [7, 11) is 0. The van der Waals surface area contributed by atoms with Crippen LogP contribution in [0, 0.1) is 5.92 Å². The summed E-state index contributed by atoms with van der Waals surface area (Å²) in [6, 6.07) is 0. The number of nitrogens with two attached hydrogens (primary N) is 1. The van der Waals surface area contributed by atoms with Crippen molar-refractivity contribution in [3.63, 3.8) is 0 Å². The van der Waals surface area contributed by atoms with E-state index >= 15 is 0 Å². The fraction of sp³-hybridized carbons (Fsp3) is 0.909. The lowest BCUT2D eigenvalue weighted by atomic mass is 10.0. The van der Waals surface area contributed by atoms with Gasteiger partial charge in [0.1, 0.15) is 0 Å². The third-order valence-corrected chi connectivity index (χ3v) is 3.26. The zero-order chi connectivity index (χ0) is 11.3. The molecule has 1 unspecified atom stereocenters. The molecule has 15 heavy (non-hydrogen) atoms. The molecule has 1 atom stereocenters. The van der Waals surface area contributed by atoms with Crippen LogP contribution >= 0.6 is 0 Å². The number of piperazine rings is 1. The molecule has 1 aliphatic rings. The van der Waals surface area contributed by atoms with Gasteiger partial charge in [-0.05, 0) is 13.0 Å². The lowest BCUT2D eigenvalue weighted by Crippen LogP contribution is -2.50. The highest BCUT2D eigenvalue weighted by atomic mass is 16.2. The average molecular weight is 213 g/mol. The van der Waals surface area contributed by atoms with Gasteiger partial charge < -0.3 is 15.5 Å². The van der Waals surface area contributed by atoms with Crippen LogP contribution in [0.4, 0.5) is 0 Å². The largest absolute Gasteiger partial charge is 0.340 e. The first-order chi connectivity index (χ1) is 7.22. The Balaban J connectivity index is 2.42. The highest BCUT2D eigenvalue weighted by Gasteiger charge is 2.24. The number of nitrogens with zero attached hydrogens (tertiary/aromatic N) is 2. The van der Waals surface area contributed by atoms with Crippen LogP contribution in [0.5, 0.6) is 0 Å². The highest BCUT2D eigenvalue weighted by Crippen LogP contribution is 2.09. The molecule has 88 valence electrons. The maximum absolute atomic E-state index is 12.0. The smallest absolute Gasteiger partial charge is 0.227 e. The Labute approximate surface area is 92.4 Å². The van der Waals surface area contributed by atoms with E-state index in [2.05, 4.69) is 11.8 Å². The minimum Gasteiger partial charge on any atom is -0.340 e. The van der Waals surface area contributed by atoms with Gasteiger partial charge >= 0.3 is 0 Å². The minimum atomic E-state index is 0.0261. The molecule has 0 aromatic carbocycles. The van der Waals surface area contributed by atoms with Crippen molar-refractivity contribution in [2.45, 2.75) is 20.3 Å². The van der Waals surface area contributed by atoms with Crippen molar-refractivity contribution in [1.82, 2.24) is 9.80 Å². The minimum absolute atomic E-state index is 0.0261. The van der Waals surface area contributed by atoms with Gasteiger partial charge in [-0.1, -0.05) is 13.8 Å². The van der Waals surface area contributed by atoms with Crippen LogP contribution in [0.2, 0.25) is 0 Å². The van der Waals surface area contributed by atoms with Crippen LogP contribution in [0.25, 0.3) is 0 Å². The molecule has 1 heterocycles. The maximum atomic E-state index is 12.0. The molecule has 0 bridgehead atoms. The van der Waals surface area contributed by atoms with E-state index in [1.807, 2.05) is 11.8 Å². The third-order valence-electron chi connectivity index (χ3n) is 3.26. The molecule has 4 heteroatoms. The summed E-state index contributed by atoms with van der Waals surface area (Å²) in [4.78, 5) is 16.3. The standard InChI is InChI=1S/C11H23N3O/c1-3-10(9-12)11(15)14-7-5-13(4-2)6-8-14/h10H,3-9,12H2,1-2H3. The summed E-state index contributed by atoms with van der Waals surface area (Å²) in [5.74, 6) is 0.272. The van der Waals surface area contributed by atoms with Crippen molar-refractivity contribution in [2.75, 3.05) is 39.3 Å². The summed E-state index contributed by atoms with van der Waals surface area (Å²) < 4.78 is 0. The Morgan fingerprint density at radius 2 is 1.87 bits per heavy atom. The molecule has 1 aliphatic heterocycles. The van der Waals surface area contributed by atoms with Crippen molar-refractivity contribution < 1.29 is 4.79 Å². The van der Waals surface area contributed by atoms with Crippen molar-refractivity contribution in [3.8, 4) is 0 Å². The predicted molar refractivity (Wildman–Crippen MR) is 61.5 cm³/mol. The van der Waals surface area contributed by atoms with Gasteiger partial charge in [0.25, 0.3) is 0 Å². The Bertz CT molecular complexity index is 196. The van der Waals surface area contributed by atoms with Crippen LogP contribution in [-0.4, -0.2) is 55.0 Å². The topological polar surface area (TPSA) is 49.6 Å².